The Morgan fingerprint density at radius 3 is 2.17 bits per heavy atom. The van der Waals surface area contributed by atoms with Crippen molar-refractivity contribution in [2.24, 2.45) is 0 Å². The Labute approximate surface area is 208 Å². The Balaban J connectivity index is 1.14. The molecule has 0 atom stereocenters. The van der Waals surface area contributed by atoms with Crippen molar-refractivity contribution in [1.29, 1.82) is 0 Å². The number of hydrogen-bond donors (Lipinski definition) is 2. The van der Waals surface area contributed by atoms with E-state index in [4.69, 9.17) is 0 Å². The van der Waals surface area contributed by atoms with E-state index in [1.54, 1.807) is 0 Å². The van der Waals surface area contributed by atoms with Gasteiger partial charge in [-0.05, 0) is 49.8 Å². The molecule has 0 spiro atoms. The third-order valence-corrected chi connectivity index (χ3v) is 6.83. The molecule has 35 heavy (non-hydrogen) atoms. The van der Waals surface area contributed by atoms with Gasteiger partial charge in [0.1, 0.15) is 0 Å². The summed E-state index contributed by atoms with van der Waals surface area (Å²) in [6.45, 7) is 12.6. The highest BCUT2D eigenvalue weighted by atomic mass is 16.2. The molecule has 0 radical (unpaired) electrons. The summed E-state index contributed by atoms with van der Waals surface area (Å²) >= 11 is 0. The van der Waals surface area contributed by atoms with Crippen molar-refractivity contribution < 1.29 is 9.59 Å². The first-order valence-electron chi connectivity index (χ1n) is 12.7. The van der Waals surface area contributed by atoms with Gasteiger partial charge in [-0.15, -0.1) is 0 Å². The van der Waals surface area contributed by atoms with Crippen LogP contribution in [0.4, 0.5) is 17.1 Å². The number of rotatable bonds is 8. The second kappa shape index (κ2) is 12.5. The Morgan fingerprint density at radius 2 is 1.49 bits per heavy atom. The zero-order chi connectivity index (χ0) is 24.5. The van der Waals surface area contributed by atoms with E-state index < -0.39 is 11.8 Å². The van der Waals surface area contributed by atoms with Crippen LogP contribution >= 0.6 is 0 Å². The average Bonchev–Trinajstić information content (AvgIpc) is 2.92. The molecule has 188 valence electrons. The first-order chi connectivity index (χ1) is 17.1. The van der Waals surface area contributed by atoms with Gasteiger partial charge in [0.2, 0.25) is 0 Å². The highest BCUT2D eigenvalue weighted by Crippen LogP contribution is 2.21. The number of carbonyl (C=O) groups excluding carboxylic acids is 2. The van der Waals surface area contributed by atoms with Crippen LogP contribution in [0.1, 0.15) is 13.3 Å². The normalized spacial score (nSPS) is 17.3. The van der Waals surface area contributed by atoms with Crippen LogP contribution in [0.5, 0.6) is 0 Å². The van der Waals surface area contributed by atoms with Gasteiger partial charge in [0.25, 0.3) is 0 Å². The predicted octanol–water partition coefficient (Wildman–Crippen LogP) is 1.49. The summed E-state index contributed by atoms with van der Waals surface area (Å²) < 4.78 is 0. The van der Waals surface area contributed by atoms with Crippen molar-refractivity contribution in [3.8, 4) is 0 Å². The van der Waals surface area contributed by atoms with Crippen LogP contribution in [0.3, 0.4) is 0 Å². The Kier molecular flexibility index (Phi) is 8.91. The van der Waals surface area contributed by atoms with Crippen molar-refractivity contribution in [2.45, 2.75) is 13.3 Å². The first kappa shape index (κ1) is 24.9. The second-order valence-corrected chi connectivity index (χ2v) is 9.07. The Morgan fingerprint density at radius 1 is 0.829 bits per heavy atom. The maximum Gasteiger partial charge on any atom is 0.313 e. The number of amides is 2. The molecule has 2 aliphatic heterocycles. The monoisotopic (exact) mass is 479 g/mol. The van der Waals surface area contributed by atoms with Gasteiger partial charge in [0.05, 0.1) is 0 Å². The van der Waals surface area contributed by atoms with Crippen LogP contribution < -0.4 is 20.4 Å². The summed E-state index contributed by atoms with van der Waals surface area (Å²) in [6, 6.07) is 11.8. The highest BCUT2D eigenvalue weighted by molar-refractivity contribution is 6.39. The summed E-state index contributed by atoms with van der Waals surface area (Å²) in [6.07, 6.45) is 4.46. The van der Waals surface area contributed by atoms with E-state index in [9.17, 15) is 9.59 Å². The lowest BCUT2D eigenvalue weighted by Gasteiger charge is -2.36. The molecule has 1 aromatic heterocycles. The maximum absolute atomic E-state index is 12.4. The predicted molar refractivity (Wildman–Crippen MR) is 140 cm³/mol. The lowest BCUT2D eigenvalue weighted by molar-refractivity contribution is -0.136. The van der Waals surface area contributed by atoms with Gasteiger partial charge in [0, 0.05) is 88.4 Å². The van der Waals surface area contributed by atoms with Crippen LogP contribution in [0.2, 0.25) is 0 Å². The number of hydrogen-bond acceptors (Lipinski definition) is 7. The van der Waals surface area contributed by atoms with Crippen molar-refractivity contribution in [2.75, 3.05) is 87.1 Å². The minimum atomic E-state index is -0.621. The van der Waals surface area contributed by atoms with Crippen molar-refractivity contribution in [3.63, 3.8) is 0 Å². The fraction of sp³-hybridized carbons (Fsp3) is 0.500. The van der Waals surface area contributed by atoms with Crippen molar-refractivity contribution in [3.05, 3.63) is 48.8 Å². The third-order valence-electron chi connectivity index (χ3n) is 6.83. The minimum absolute atomic E-state index is 0.485. The smallest absolute Gasteiger partial charge is 0.313 e. The SMILES string of the molecule is CCN1CCN(c2cccc(NC(=O)C(=O)NCCCN3CCN(c4ccncc4)CC3)c2)CC1. The third kappa shape index (κ3) is 7.16. The summed E-state index contributed by atoms with van der Waals surface area (Å²) in [5.74, 6) is -1.21. The molecule has 0 aliphatic carbocycles. The molecule has 9 nitrogen and oxygen atoms in total. The molecule has 2 fully saturated rings. The van der Waals surface area contributed by atoms with Crippen LogP contribution in [0, 0.1) is 0 Å². The number of aromatic nitrogens is 1. The number of nitrogens with zero attached hydrogens (tertiary/aromatic N) is 5. The highest BCUT2D eigenvalue weighted by Gasteiger charge is 2.19. The lowest BCUT2D eigenvalue weighted by Crippen LogP contribution is -2.47. The number of benzene rings is 1. The van der Waals surface area contributed by atoms with E-state index in [2.05, 4.69) is 42.1 Å². The van der Waals surface area contributed by atoms with Crippen LogP contribution in [0.15, 0.2) is 48.8 Å². The van der Waals surface area contributed by atoms with E-state index in [-0.39, 0.29) is 0 Å². The van der Waals surface area contributed by atoms with Crippen LogP contribution in [-0.2, 0) is 9.59 Å². The number of nitrogens with one attached hydrogen (secondary N) is 2. The Bertz CT molecular complexity index is 955. The molecule has 9 heteroatoms. The molecule has 0 unspecified atom stereocenters. The fourth-order valence-electron chi connectivity index (χ4n) is 4.66. The quantitative estimate of drug-likeness (QED) is 0.438. The van der Waals surface area contributed by atoms with Gasteiger partial charge in [-0.2, -0.15) is 0 Å². The van der Waals surface area contributed by atoms with Crippen molar-refractivity contribution in [1.82, 2.24) is 20.1 Å². The van der Waals surface area contributed by atoms with E-state index in [1.165, 1.54) is 5.69 Å². The van der Waals surface area contributed by atoms with Crippen LogP contribution in [-0.4, -0.2) is 98.6 Å². The van der Waals surface area contributed by atoms with E-state index in [1.807, 2.05) is 48.8 Å². The second-order valence-electron chi connectivity index (χ2n) is 9.07. The lowest BCUT2D eigenvalue weighted by atomic mass is 10.2. The molecule has 0 saturated carbocycles. The number of carbonyl (C=O) groups is 2. The zero-order valence-corrected chi connectivity index (χ0v) is 20.7. The molecule has 0 bridgehead atoms. The number of pyridine rings is 1. The van der Waals surface area contributed by atoms with Gasteiger partial charge in [-0.3, -0.25) is 19.5 Å². The van der Waals surface area contributed by atoms with Gasteiger partial charge in [-0.25, -0.2) is 0 Å². The summed E-state index contributed by atoms with van der Waals surface area (Å²) in [5.41, 5.74) is 2.93. The van der Waals surface area contributed by atoms with Crippen molar-refractivity contribution >= 4 is 28.9 Å². The molecule has 2 aromatic rings. The van der Waals surface area contributed by atoms with Crippen LogP contribution in [0.25, 0.3) is 0 Å². The maximum atomic E-state index is 12.4. The standard InChI is InChI=1S/C26H37N7O2/c1-2-30-13-17-33(18-14-30)24-6-3-5-22(21-24)29-26(35)25(34)28-9-4-12-31-15-19-32(20-16-31)23-7-10-27-11-8-23/h3,5-8,10-11,21H,2,4,9,12-20H2,1H3,(H,28,34)(H,29,35). The number of likely N-dealkylation sites (N-methyl/N-ethyl adjacent to an activating group) is 1. The molecule has 2 aliphatic rings. The largest absolute Gasteiger partial charge is 0.369 e. The molecule has 1 aromatic carbocycles. The summed E-state index contributed by atoms with van der Waals surface area (Å²) in [4.78, 5) is 38.3. The van der Waals surface area contributed by atoms with Gasteiger partial charge < -0.3 is 25.3 Å². The zero-order valence-electron chi connectivity index (χ0n) is 20.7. The van der Waals surface area contributed by atoms with Gasteiger partial charge >= 0.3 is 11.8 Å². The molecule has 2 saturated heterocycles. The minimum Gasteiger partial charge on any atom is -0.369 e. The first-order valence-corrected chi connectivity index (χ1v) is 12.7. The number of anilines is 3. The molecule has 2 N–H and O–H groups in total. The Hall–Kier alpha value is -3.17. The van der Waals surface area contributed by atoms with E-state index in [0.717, 1.165) is 77.6 Å². The molecule has 3 heterocycles. The van der Waals surface area contributed by atoms with Gasteiger partial charge in [0.15, 0.2) is 0 Å². The average molecular weight is 480 g/mol. The van der Waals surface area contributed by atoms with Gasteiger partial charge in [-0.1, -0.05) is 13.0 Å². The fourth-order valence-corrected chi connectivity index (χ4v) is 4.66. The van der Waals surface area contributed by atoms with E-state index in [0.29, 0.717) is 12.2 Å². The summed E-state index contributed by atoms with van der Waals surface area (Å²) in [5, 5.41) is 5.50. The summed E-state index contributed by atoms with van der Waals surface area (Å²) in [7, 11) is 0. The van der Waals surface area contributed by atoms with E-state index >= 15 is 0 Å². The molecule has 2 amide bonds. The topological polar surface area (TPSA) is 84.0 Å². The molecular weight excluding hydrogens is 442 g/mol. The molecular formula is C26H37N7O2. The number of piperazine rings is 2. The molecule has 4 rings (SSSR count).